The Labute approximate surface area is 104 Å². The Morgan fingerprint density at radius 2 is 2.33 bits per heavy atom. The lowest BCUT2D eigenvalue weighted by atomic mass is 10.1. The second-order valence-electron chi connectivity index (χ2n) is 4.27. The van der Waals surface area contributed by atoms with Crippen molar-refractivity contribution in [3.63, 3.8) is 0 Å². The molecule has 1 N–H and O–H groups in total. The largest absolute Gasteiger partial charge is 0.310 e. The van der Waals surface area contributed by atoms with Crippen LogP contribution in [0.3, 0.4) is 0 Å². The minimum absolute atomic E-state index is 0.576. The summed E-state index contributed by atoms with van der Waals surface area (Å²) in [7, 11) is 0. The Hall–Kier alpha value is 0.140. The van der Waals surface area contributed by atoms with Crippen molar-refractivity contribution in [2.45, 2.75) is 38.6 Å². The van der Waals surface area contributed by atoms with E-state index in [2.05, 4.69) is 40.3 Å². The summed E-state index contributed by atoms with van der Waals surface area (Å²) >= 11 is 5.40. The molecule has 0 spiro atoms. The van der Waals surface area contributed by atoms with Gasteiger partial charge >= 0.3 is 0 Å². The van der Waals surface area contributed by atoms with Crippen LogP contribution in [0.2, 0.25) is 0 Å². The summed E-state index contributed by atoms with van der Waals surface area (Å²) in [5.74, 6) is 1.04. The highest BCUT2D eigenvalue weighted by Crippen LogP contribution is 2.37. The number of halogens is 1. The fourth-order valence-electron chi connectivity index (χ4n) is 1.92. The molecule has 0 aromatic carbocycles. The number of thiophene rings is 1. The van der Waals surface area contributed by atoms with Crippen LogP contribution in [-0.4, -0.2) is 6.54 Å². The molecule has 3 heteroatoms. The predicted octanol–water partition coefficient (Wildman–Crippen LogP) is 4.35. The van der Waals surface area contributed by atoms with E-state index in [0.717, 1.165) is 12.5 Å². The van der Waals surface area contributed by atoms with E-state index in [-0.39, 0.29) is 0 Å². The first kappa shape index (κ1) is 11.6. The summed E-state index contributed by atoms with van der Waals surface area (Å²) in [6.45, 7) is 3.25. The van der Waals surface area contributed by atoms with Gasteiger partial charge in [0, 0.05) is 10.9 Å². The van der Waals surface area contributed by atoms with E-state index in [4.69, 9.17) is 0 Å². The molecule has 0 bridgehead atoms. The summed E-state index contributed by atoms with van der Waals surface area (Å²) in [4.78, 5) is 1.48. The highest BCUT2D eigenvalue weighted by Gasteiger charge is 2.23. The van der Waals surface area contributed by atoms with E-state index in [1.807, 2.05) is 11.3 Å². The zero-order valence-electron chi connectivity index (χ0n) is 9.13. The lowest BCUT2D eigenvalue weighted by molar-refractivity contribution is 0.488. The van der Waals surface area contributed by atoms with Crippen LogP contribution in [0.5, 0.6) is 0 Å². The number of hydrogen-bond acceptors (Lipinski definition) is 2. The van der Waals surface area contributed by atoms with Gasteiger partial charge in [-0.1, -0.05) is 19.8 Å². The molecule has 84 valence electrons. The van der Waals surface area contributed by atoms with Crippen LogP contribution in [-0.2, 0) is 0 Å². The van der Waals surface area contributed by atoms with Gasteiger partial charge in [0.05, 0.1) is 3.79 Å². The van der Waals surface area contributed by atoms with Gasteiger partial charge in [0.25, 0.3) is 0 Å². The lowest BCUT2D eigenvalue weighted by Gasteiger charge is -2.15. The Morgan fingerprint density at radius 3 is 2.87 bits per heavy atom. The second kappa shape index (κ2) is 5.46. The van der Waals surface area contributed by atoms with E-state index in [0.29, 0.717) is 6.04 Å². The SMILES string of the molecule is CCNC(CCC1CC1)c1ccc(Br)s1. The maximum Gasteiger partial charge on any atom is 0.0701 e. The van der Waals surface area contributed by atoms with Gasteiger partial charge in [-0.05, 0) is 53.4 Å². The minimum atomic E-state index is 0.576. The van der Waals surface area contributed by atoms with Crippen molar-refractivity contribution >= 4 is 27.3 Å². The molecular formula is C12H18BrNS. The van der Waals surface area contributed by atoms with Gasteiger partial charge in [-0.2, -0.15) is 0 Å². The van der Waals surface area contributed by atoms with Crippen molar-refractivity contribution in [1.82, 2.24) is 5.32 Å². The summed E-state index contributed by atoms with van der Waals surface area (Å²) in [6.07, 6.45) is 5.62. The van der Waals surface area contributed by atoms with E-state index >= 15 is 0 Å². The molecule has 15 heavy (non-hydrogen) atoms. The third-order valence-electron chi connectivity index (χ3n) is 2.95. The highest BCUT2D eigenvalue weighted by molar-refractivity contribution is 9.11. The minimum Gasteiger partial charge on any atom is -0.310 e. The summed E-state index contributed by atoms with van der Waals surface area (Å²) in [5.41, 5.74) is 0. The van der Waals surface area contributed by atoms with Crippen LogP contribution in [0.15, 0.2) is 15.9 Å². The van der Waals surface area contributed by atoms with Gasteiger partial charge < -0.3 is 5.32 Å². The zero-order valence-corrected chi connectivity index (χ0v) is 11.5. The van der Waals surface area contributed by atoms with Gasteiger partial charge in [0.2, 0.25) is 0 Å². The summed E-state index contributed by atoms with van der Waals surface area (Å²) < 4.78 is 1.24. The van der Waals surface area contributed by atoms with Gasteiger partial charge in [0.15, 0.2) is 0 Å². The molecule has 0 aliphatic heterocycles. The second-order valence-corrected chi connectivity index (χ2v) is 6.77. The van der Waals surface area contributed by atoms with Crippen molar-refractivity contribution < 1.29 is 0 Å². The molecule has 1 aliphatic rings. The van der Waals surface area contributed by atoms with Crippen molar-refractivity contribution in [3.05, 3.63) is 20.8 Å². The molecule has 1 aliphatic carbocycles. The first-order valence-corrected chi connectivity index (χ1v) is 7.39. The molecule has 0 amide bonds. The normalized spacial score (nSPS) is 18.0. The Kier molecular flexibility index (Phi) is 4.23. The first-order valence-electron chi connectivity index (χ1n) is 5.78. The van der Waals surface area contributed by atoms with Gasteiger partial charge in [-0.25, -0.2) is 0 Å². The predicted molar refractivity (Wildman–Crippen MR) is 70.4 cm³/mol. The number of hydrogen-bond donors (Lipinski definition) is 1. The van der Waals surface area contributed by atoms with Crippen LogP contribution in [0.25, 0.3) is 0 Å². The maximum absolute atomic E-state index is 3.58. The molecule has 0 radical (unpaired) electrons. The molecule has 1 aromatic heterocycles. The molecule has 0 saturated heterocycles. The summed E-state index contributed by atoms with van der Waals surface area (Å²) in [6, 6.07) is 4.98. The lowest BCUT2D eigenvalue weighted by Crippen LogP contribution is -2.20. The van der Waals surface area contributed by atoms with Crippen LogP contribution < -0.4 is 5.32 Å². The van der Waals surface area contributed by atoms with Crippen molar-refractivity contribution in [2.24, 2.45) is 5.92 Å². The summed E-state index contributed by atoms with van der Waals surface area (Å²) in [5, 5.41) is 3.58. The number of nitrogens with one attached hydrogen (secondary N) is 1. The van der Waals surface area contributed by atoms with Crippen LogP contribution >= 0.6 is 27.3 Å². The molecular weight excluding hydrogens is 270 g/mol. The monoisotopic (exact) mass is 287 g/mol. The van der Waals surface area contributed by atoms with E-state index in [9.17, 15) is 0 Å². The smallest absolute Gasteiger partial charge is 0.0701 e. The van der Waals surface area contributed by atoms with Crippen LogP contribution in [0, 0.1) is 5.92 Å². The molecule has 1 atom stereocenters. The molecule has 2 rings (SSSR count). The zero-order chi connectivity index (χ0) is 10.7. The van der Waals surface area contributed by atoms with E-state index in [1.165, 1.54) is 34.3 Å². The van der Waals surface area contributed by atoms with E-state index < -0.39 is 0 Å². The molecule has 1 saturated carbocycles. The molecule has 1 heterocycles. The van der Waals surface area contributed by atoms with Crippen molar-refractivity contribution in [1.29, 1.82) is 0 Å². The first-order chi connectivity index (χ1) is 7.29. The van der Waals surface area contributed by atoms with Gasteiger partial charge in [-0.3, -0.25) is 0 Å². The topological polar surface area (TPSA) is 12.0 Å². The molecule has 1 nitrogen and oxygen atoms in total. The van der Waals surface area contributed by atoms with Crippen molar-refractivity contribution in [3.8, 4) is 0 Å². The Morgan fingerprint density at radius 1 is 1.53 bits per heavy atom. The quantitative estimate of drug-likeness (QED) is 0.820. The van der Waals surface area contributed by atoms with Gasteiger partial charge in [-0.15, -0.1) is 11.3 Å². The maximum atomic E-state index is 3.58. The van der Waals surface area contributed by atoms with E-state index in [1.54, 1.807) is 0 Å². The molecule has 1 aromatic rings. The van der Waals surface area contributed by atoms with Gasteiger partial charge in [0.1, 0.15) is 0 Å². The third kappa shape index (κ3) is 3.58. The Balaban J connectivity index is 1.91. The average molecular weight is 288 g/mol. The fraction of sp³-hybridized carbons (Fsp3) is 0.667. The molecule has 1 unspecified atom stereocenters. The van der Waals surface area contributed by atoms with Crippen molar-refractivity contribution in [2.75, 3.05) is 6.54 Å². The van der Waals surface area contributed by atoms with Crippen LogP contribution in [0.4, 0.5) is 0 Å². The highest BCUT2D eigenvalue weighted by atomic mass is 79.9. The standard InChI is InChI=1S/C12H18BrNS/c1-2-14-10(6-5-9-3-4-9)11-7-8-12(13)15-11/h7-10,14H,2-6H2,1H3. The molecule has 1 fully saturated rings. The van der Waals surface area contributed by atoms with Crippen LogP contribution in [0.1, 0.15) is 43.5 Å². The fourth-order valence-corrected chi connectivity index (χ4v) is 3.45. The number of rotatable bonds is 6. The Bertz CT molecular complexity index is 306. The third-order valence-corrected chi connectivity index (χ3v) is 4.69. The average Bonchev–Trinajstić information content (AvgIpc) is 2.95.